The number of anilines is 1. The van der Waals surface area contributed by atoms with Crippen LogP contribution >= 0.6 is 24.0 Å². The molecule has 0 radical (unpaired) electrons. The number of amides is 1. The maximum atomic E-state index is 12.7. The molecule has 0 atom stereocenters. The first-order chi connectivity index (χ1) is 12.1. The standard InChI is InChI=1S/C19H15NO3S2/c1-2-10-23-16-8-6-13(7-9-16)11-17-18(22)20(19(24)25-17)14-4-3-5-15(21)12-14/h2-9,11-12,21H,1,10H2/b17-11+. The van der Waals surface area contributed by atoms with Crippen LogP contribution in [0.1, 0.15) is 5.56 Å². The van der Waals surface area contributed by atoms with E-state index in [-0.39, 0.29) is 11.7 Å². The topological polar surface area (TPSA) is 49.8 Å². The van der Waals surface area contributed by atoms with Crippen molar-refractivity contribution in [3.05, 3.63) is 71.7 Å². The van der Waals surface area contributed by atoms with Gasteiger partial charge in [0.2, 0.25) is 0 Å². The Kier molecular flexibility index (Phi) is 5.21. The highest BCUT2D eigenvalue weighted by molar-refractivity contribution is 8.27. The van der Waals surface area contributed by atoms with Gasteiger partial charge in [0.1, 0.15) is 18.1 Å². The van der Waals surface area contributed by atoms with Crippen molar-refractivity contribution < 1.29 is 14.6 Å². The average Bonchev–Trinajstić information content (AvgIpc) is 2.88. The molecular weight excluding hydrogens is 354 g/mol. The number of ether oxygens (including phenoxy) is 1. The maximum Gasteiger partial charge on any atom is 0.270 e. The molecule has 2 aromatic rings. The molecule has 1 amide bonds. The van der Waals surface area contributed by atoms with Crippen molar-refractivity contribution >= 4 is 46.0 Å². The summed E-state index contributed by atoms with van der Waals surface area (Å²) in [6.45, 7) is 4.05. The monoisotopic (exact) mass is 369 g/mol. The SMILES string of the molecule is C=CCOc1ccc(/C=C2/SC(=S)N(c3cccc(O)c3)C2=O)cc1. The van der Waals surface area contributed by atoms with Crippen LogP contribution in [-0.2, 0) is 4.79 Å². The zero-order chi connectivity index (χ0) is 17.8. The third-order valence-electron chi connectivity index (χ3n) is 3.43. The molecule has 126 valence electrons. The molecule has 1 aliphatic rings. The van der Waals surface area contributed by atoms with Crippen molar-refractivity contribution in [2.75, 3.05) is 11.5 Å². The highest BCUT2D eigenvalue weighted by atomic mass is 32.2. The van der Waals surface area contributed by atoms with Crippen LogP contribution in [0.5, 0.6) is 11.5 Å². The molecule has 0 aromatic heterocycles. The Morgan fingerprint density at radius 3 is 2.68 bits per heavy atom. The predicted molar refractivity (Wildman–Crippen MR) is 106 cm³/mol. The van der Waals surface area contributed by atoms with Crippen LogP contribution in [0.25, 0.3) is 6.08 Å². The first-order valence-electron chi connectivity index (χ1n) is 7.49. The van der Waals surface area contributed by atoms with Gasteiger partial charge >= 0.3 is 0 Å². The average molecular weight is 369 g/mol. The summed E-state index contributed by atoms with van der Waals surface area (Å²) in [5.41, 5.74) is 1.43. The number of phenolic OH excluding ortho intramolecular Hbond substituents is 1. The quantitative estimate of drug-likeness (QED) is 0.482. The number of thioether (sulfide) groups is 1. The zero-order valence-electron chi connectivity index (χ0n) is 13.2. The number of benzene rings is 2. The second kappa shape index (κ2) is 7.55. The molecule has 1 aliphatic heterocycles. The van der Waals surface area contributed by atoms with Gasteiger partial charge in [-0.2, -0.15) is 0 Å². The number of aromatic hydroxyl groups is 1. The molecular formula is C19H15NO3S2. The third-order valence-corrected chi connectivity index (χ3v) is 4.73. The zero-order valence-corrected chi connectivity index (χ0v) is 14.8. The molecule has 6 heteroatoms. The molecule has 0 saturated carbocycles. The van der Waals surface area contributed by atoms with Gasteiger partial charge in [-0.05, 0) is 35.9 Å². The van der Waals surface area contributed by atoms with Crippen molar-refractivity contribution in [2.24, 2.45) is 0 Å². The summed E-state index contributed by atoms with van der Waals surface area (Å²) in [6, 6.07) is 13.9. The third kappa shape index (κ3) is 3.92. The molecule has 4 nitrogen and oxygen atoms in total. The number of carbonyl (C=O) groups is 1. The Hall–Kier alpha value is -2.57. The van der Waals surface area contributed by atoms with Gasteiger partial charge in [-0.25, -0.2) is 0 Å². The van der Waals surface area contributed by atoms with Crippen molar-refractivity contribution in [1.82, 2.24) is 0 Å². The van der Waals surface area contributed by atoms with Crippen LogP contribution < -0.4 is 9.64 Å². The molecule has 1 fully saturated rings. The summed E-state index contributed by atoms with van der Waals surface area (Å²) in [7, 11) is 0. The molecule has 1 saturated heterocycles. The minimum Gasteiger partial charge on any atom is -0.508 e. The van der Waals surface area contributed by atoms with Crippen LogP contribution in [0, 0.1) is 0 Å². The van der Waals surface area contributed by atoms with Crippen molar-refractivity contribution in [3.63, 3.8) is 0 Å². The van der Waals surface area contributed by atoms with Crippen LogP contribution in [0.15, 0.2) is 66.1 Å². The first-order valence-corrected chi connectivity index (χ1v) is 8.72. The molecule has 1 heterocycles. The van der Waals surface area contributed by atoms with Gasteiger partial charge in [0.15, 0.2) is 4.32 Å². The first kappa shape index (κ1) is 17.3. The van der Waals surface area contributed by atoms with E-state index in [1.165, 1.54) is 22.7 Å². The fourth-order valence-corrected chi connectivity index (χ4v) is 3.59. The number of hydrogen-bond donors (Lipinski definition) is 1. The second-order valence-corrected chi connectivity index (χ2v) is 6.88. The van der Waals surface area contributed by atoms with E-state index in [2.05, 4.69) is 6.58 Å². The number of phenols is 1. The molecule has 1 N–H and O–H groups in total. The molecule has 0 spiro atoms. The summed E-state index contributed by atoms with van der Waals surface area (Å²) in [6.07, 6.45) is 3.47. The summed E-state index contributed by atoms with van der Waals surface area (Å²) >= 11 is 6.56. The number of thiocarbonyl (C=S) groups is 1. The summed E-state index contributed by atoms with van der Waals surface area (Å²) < 4.78 is 5.88. The molecule has 0 bridgehead atoms. The lowest BCUT2D eigenvalue weighted by atomic mass is 10.2. The normalized spacial score (nSPS) is 15.7. The largest absolute Gasteiger partial charge is 0.508 e. The van der Waals surface area contributed by atoms with Gasteiger partial charge in [0, 0.05) is 6.07 Å². The van der Waals surface area contributed by atoms with Crippen LogP contribution in [0.4, 0.5) is 5.69 Å². The van der Waals surface area contributed by atoms with E-state index < -0.39 is 0 Å². The Bertz CT molecular complexity index is 859. The van der Waals surface area contributed by atoms with Crippen LogP contribution in [-0.4, -0.2) is 21.9 Å². The smallest absolute Gasteiger partial charge is 0.270 e. The van der Waals surface area contributed by atoms with E-state index in [1.54, 1.807) is 30.4 Å². The molecule has 0 aliphatic carbocycles. The summed E-state index contributed by atoms with van der Waals surface area (Å²) in [4.78, 5) is 14.6. The molecule has 0 unspecified atom stereocenters. The Balaban J connectivity index is 1.81. The van der Waals surface area contributed by atoms with E-state index in [0.29, 0.717) is 21.5 Å². The highest BCUT2D eigenvalue weighted by Gasteiger charge is 2.33. The minimum absolute atomic E-state index is 0.0886. The lowest BCUT2D eigenvalue weighted by Gasteiger charge is -2.14. The molecule has 2 aromatic carbocycles. The van der Waals surface area contributed by atoms with E-state index in [4.69, 9.17) is 17.0 Å². The Morgan fingerprint density at radius 1 is 1.24 bits per heavy atom. The van der Waals surface area contributed by atoms with Crippen LogP contribution in [0.3, 0.4) is 0 Å². The predicted octanol–water partition coefficient (Wildman–Crippen LogP) is 4.36. The fourth-order valence-electron chi connectivity index (χ4n) is 2.29. The van der Waals surface area contributed by atoms with Gasteiger partial charge < -0.3 is 9.84 Å². The van der Waals surface area contributed by atoms with E-state index in [9.17, 15) is 9.90 Å². The lowest BCUT2D eigenvalue weighted by molar-refractivity contribution is -0.113. The minimum atomic E-state index is -0.201. The van der Waals surface area contributed by atoms with Crippen LogP contribution in [0.2, 0.25) is 0 Å². The highest BCUT2D eigenvalue weighted by Crippen LogP contribution is 2.36. The van der Waals surface area contributed by atoms with Crippen molar-refractivity contribution in [3.8, 4) is 11.5 Å². The second-order valence-electron chi connectivity index (χ2n) is 5.21. The van der Waals surface area contributed by atoms with E-state index in [1.807, 2.05) is 24.3 Å². The number of carbonyl (C=O) groups excluding carboxylic acids is 1. The van der Waals surface area contributed by atoms with Gasteiger partial charge in [-0.15, -0.1) is 0 Å². The van der Waals surface area contributed by atoms with Gasteiger partial charge in [0.25, 0.3) is 5.91 Å². The van der Waals surface area contributed by atoms with E-state index >= 15 is 0 Å². The lowest BCUT2D eigenvalue weighted by Crippen LogP contribution is -2.27. The molecule has 3 rings (SSSR count). The summed E-state index contributed by atoms with van der Waals surface area (Å²) in [5.74, 6) is 0.627. The Labute approximate surface area is 155 Å². The van der Waals surface area contributed by atoms with Crippen molar-refractivity contribution in [2.45, 2.75) is 0 Å². The maximum absolute atomic E-state index is 12.7. The fraction of sp³-hybridized carbons (Fsp3) is 0.0526. The van der Waals surface area contributed by atoms with Gasteiger partial charge in [0.05, 0.1) is 10.6 Å². The van der Waals surface area contributed by atoms with Gasteiger partial charge in [-0.3, -0.25) is 9.69 Å². The van der Waals surface area contributed by atoms with Crippen molar-refractivity contribution in [1.29, 1.82) is 0 Å². The Morgan fingerprint density at radius 2 is 2.00 bits per heavy atom. The number of hydrogen-bond acceptors (Lipinski definition) is 5. The summed E-state index contributed by atoms with van der Waals surface area (Å²) in [5, 5.41) is 9.61. The number of rotatable bonds is 5. The molecule has 25 heavy (non-hydrogen) atoms. The van der Waals surface area contributed by atoms with Gasteiger partial charge in [-0.1, -0.05) is 54.8 Å². The van der Waals surface area contributed by atoms with E-state index in [0.717, 1.165) is 11.3 Å². The number of nitrogens with zero attached hydrogens (tertiary/aromatic N) is 1.